The Balaban J connectivity index is 1.93. The smallest absolute Gasteiger partial charge is 0.329 e. The van der Waals surface area contributed by atoms with Crippen LogP contribution < -0.4 is 5.32 Å². The number of carboxylic acids is 1. The van der Waals surface area contributed by atoms with E-state index in [1.807, 2.05) is 24.3 Å². The summed E-state index contributed by atoms with van der Waals surface area (Å²) in [5, 5.41) is 32.6. The molecule has 7 heteroatoms. The molecular formula is C19H18N2O5. The van der Waals surface area contributed by atoms with Crippen molar-refractivity contribution in [2.45, 2.75) is 18.9 Å². The van der Waals surface area contributed by atoms with Crippen LogP contribution in [0.25, 0.3) is 10.9 Å². The molecule has 0 saturated carbocycles. The molecule has 5 N–H and O–H groups in total. The van der Waals surface area contributed by atoms with Crippen LogP contribution in [-0.4, -0.2) is 37.7 Å². The number of hydrogen-bond acceptors (Lipinski definition) is 4. The van der Waals surface area contributed by atoms with Gasteiger partial charge in [-0.15, -0.1) is 0 Å². The van der Waals surface area contributed by atoms with E-state index in [0.29, 0.717) is 0 Å². The predicted molar refractivity (Wildman–Crippen MR) is 95.3 cm³/mol. The highest BCUT2D eigenvalue weighted by Gasteiger charge is 2.37. The molecule has 3 aromatic rings. The Morgan fingerprint density at radius 2 is 1.73 bits per heavy atom. The average molecular weight is 354 g/mol. The van der Waals surface area contributed by atoms with Crippen LogP contribution in [0, 0.1) is 0 Å². The Morgan fingerprint density at radius 3 is 2.38 bits per heavy atom. The molecule has 0 aliphatic carbocycles. The van der Waals surface area contributed by atoms with Crippen LogP contribution in [-0.2, 0) is 11.2 Å². The van der Waals surface area contributed by atoms with E-state index in [2.05, 4.69) is 10.3 Å². The summed E-state index contributed by atoms with van der Waals surface area (Å²) in [5.74, 6) is -2.96. The number of phenols is 2. The van der Waals surface area contributed by atoms with Crippen molar-refractivity contribution in [3.8, 4) is 11.5 Å². The molecule has 26 heavy (non-hydrogen) atoms. The van der Waals surface area contributed by atoms with Crippen LogP contribution in [0.5, 0.6) is 11.5 Å². The van der Waals surface area contributed by atoms with Crippen LogP contribution in [0.1, 0.15) is 22.8 Å². The molecule has 134 valence electrons. The number of aromatic amines is 1. The summed E-state index contributed by atoms with van der Waals surface area (Å²) < 4.78 is 0. The maximum Gasteiger partial charge on any atom is 0.329 e. The van der Waals surface area contributed by atoms with Crippen molar-refractivity contribution in [3.63, 3.8) is 0 Å². The van der Waals surface area contributed by atoms with E-state index >= 15 is 0 Å². The van der Waals surface area contributed by atoms with Crippen molar-refractivity contribution in [1.29, 1.82) is 0 Å². The van der Waals surface area contributed by atoms with Gasteiger partial charge >= 0.3 is 5.97 Å². The number of benzene rings is 2. The molecule has 0 fully saturated rings. The molecule has 0 spiro atoms. The fourth-order valence-corrected chi connectivity index (χ4v) is 2.91. The van der Waals surface area contributed by atoms with Gasteiger partial charge < -0.3 is 25.6 Å². The summed E-state index contributed by atoms with van der Waals surface area (Å²) in [6, 6.07) is 11.3. The first-order chi connectivity index (χ1) is 12.3. The second kappa shape index (κ2) is 6.44. The van der Waals surface area contributed by atoms with E-state index in [1.54, 1.807) is 6.20 Å². The first kappa shape index (κ1) is 17.3. The molecule has 7 nitrogen and oxygen atoms in total. The second-order valence-electron chi connectivity index (χ2n) is 6.30. The van der Waals surface area contributed by atoms with E-state index < -0.39 is 28.9 Å². The Kier molecular flexibility index (Phi) is 4.29. The quantitative estimate of drug-likeness (QED) is 0.481. The Morgan fingerprint density at radius 1 is 1.08 bits per heavy atom. The summed E-state index contributed by atoms with van der Waals surface area (Å²) in [4.78, 5) is 27.4. The number of carboxylic acid groups (broad SMARTS) is 1. The topological polar surface area (TPSA) is 123 Å². The number of hydrogen-bond donors (Lipinski definition) is 5. The Hall–Kier alpha value is -3.48. The van der Waals surface area contributed by atoms with Crippen LogP contribution in [0.4, 0.5) is 0 Å². The van der Waals surface area contributed by atoms with E-state index in [9.17, 15) is 24.9 Å². The number of phenolic OH excluding ortho intramolecular Hbond substituents is 2. The van der Waals surface area contributed by atoms with Crippen LogP contribution in [0.2, 0.25) is 0 Å². The third-order valence-electron chi connectivity index (χ3n) is 4.33. The summed E-state index contributed by atoms with van der Waals surface area (Å²) >= 11 is 0. The standard InChI is InChI=1S/C19H18N2O5/c1-19(18(25)26,9-11-10-20-13-6-3-2-5-12(11)13)21-17(24)16-14(22)7-4-8-15(16)23/h2-8,10,20,22-23H,9H2,1H3,(H,21,24)(H,25,26). The lowest BCUT2D eigenvalue weighted by Crippen LogP contribution is -2.53. The molecule has 3 rings (SSSR count). The van der Waals surface area contributed by atoms with Gasteiger partial charge in [-0.05, 0) is 30.7 Å². The van der Waals surface area contributed by atoms with Crippen molar-refractivity contribution in [2.75, 3.05) is 0 Å². The molecule has 0 radical (unpaired) electrons. The lowest BCUT2D eigenvalue weighted by atomic mass is 9.92. The number of fused-ring (bicyclic) bond motifs is 1. The highest BCUT2D eigenvalue weighted by molar-refractivity contribution is 6.02. The van der Waals surface area contributed by atoms with Crippen molar-refractivity contribution in [1.82, 2.24) is 10.3 Å². The molecule has 1 aromatic heterocycles. The highest BCUT2D eigenvalue weighted by atomic mass is 16.4. The number of rotatable bonds is 5. The van der Waals surface area contributed by atoms with Crippen molar-refractivity contribution >= 4 is 22.8 Å². The molecule has 0 aliphatic rings. The number of aromatic nitrogens is 1. The third-order valence-corrected chi connectivity index (χ3v) is 4.33. The number of aromatic hydroxyl groups is 2. The van der Waals surface area contributed by atoms with Gasteiger partial charge in [0.1, 0.15) is 22.6 Å². The summed E-state index contributed by atoms with van der Waals surface area (Å²) in [5.41, 5.74) is -0.414. The average Bonchev–Trinajstić information content (AvgIpc) is 2.97. The zero-order chi connectivity index (χ0) is 18.9. The zero-order valence-electron chi connectivity index (χ0n) is 14.0. The fraction of sp³-hybridized carbons (Fsp3) is 0.158. The summed E-state index contributed by atoms with van der Waals surface area (Å²) in [6.07, 6.45) is 1.72. The predicted octanol–water partition coefficient (Wildman–Crippen LogP) is 2.39. The largest absolute Gasteiger partial charge is 0.507 e. The number of para-hydroxylation sites is 1. The molecule has 0 saturated heterocycles. The van der Waals surface area contributed by atoms with E-state index in [0.717, 1.165) is 16.5 Å². The minimum Gasteiger partial charge on any atom is -0.507 e. The van der Waals surface area contributed by atoms with Gasteiger partial charge in [-0.2, -0.15) is 0 Å². The second-order valence-corrected chi connectivity index (χ2v) is 6.30. The number of amides is 1. The Bertz CT molecular complexity index is 974. The maximum absolute atomic E-state index is 12.5. The van der Waals surface area contributed by atoms with Crippen LogP contribution in [0.15, 0.2) is 48.7 Å². The monoisotopic (exact) mass is 354 g/mol. The van der Waals surface area contributed by atoms with E-state index in [4.69, 9.17) is 0 Å². The lowest BCUT2D eigenvalue weighted by molar-refractivity contribution is -0.143. The molecule has 0 aliphatic heterocycles. The van der Waals surface area contributed by atoms with Crippen molar-refractivity contribution < 1.29 is 24.9 Å². The first-order valence-corrected chi connectivity index (χ1v) is 7.93. The van der Waals surface area contributed by atoms with Crippen molar-refractivity contribution in [3.05, 3.63) is 59.8 Å². The van der Waals surface area contributed by atoms with Crippen LogP contribution in [0.3, 0.4) is 0 Å². The van der Waals surface area contributed by atoms with Gasteiger partial charge in [-0.1, -0.05) is 24.3 Å². The van der Waals surface area contributed by atoms with Gasteiger partial charge in [-0.25, -0.2) is 4.79 Å². The summed E-state index contributed by atoms with van der Waals surface area (Å²) in [7, 11) is 0. The third kappa shape index (κ3) is 3.06. The zero-order valence-corrected chi connectivity index (χ0v) is 14.0. The van der Waals surface area contributed by atoms with Gasteiger partial charge in [0.05, 0.1) is 0 Å². The van der Waals surface area contributed by atoms with Gasteiger partial charge in [-0.3, -0.25) is 4.79 Å². The highest BCUT2D eigenvalue weighted by Crippen LogP contribution is 2.28. The minimum atomic E-state index is -1.64. The fourth-order valence-electron chi connectivity index (χ4n) is 2.91. The van der Waals surface area contributed by atoms with Gasteiger partial charge in [0.25, 0.3) is 5.91 Å². The first-order valence-electron chi connectivity index (χ1n) is 7.93. The number of carbonyl (C=O) groups is 2. The maximum atomic E-state index is 12.5. The van der Waals surface area contributed by atoms with Gasteiger partial charge in [0.15, 0.2) is 0 Å². The number of nitrogens with one attached hydrogen (secondary N) is 2. The molecule has 1 amide bonds. The van der Waals surface area contributed by atoms with E-state index in [1.165, 1.54) is 25.1 Å². The lowest BCUT2D eigenvalue weighted by Gasteiger charge is -2.26. The minimum absolute atomic E-state index is 0.0203. The molecule has 0 bridgehead atoms. The van der Waals surface area contributed by atoms with Gasteiger partial charge in [0.2, 0.25) is 0 Å². The number of aliphatic carboxylic acids is 1. The molecular weight excluding hydrogens is 336 g/mol. The summed E-state index contributed by atoms with van der Waals surface area (Å²) in [6.45, 7) is 1.38. The Labute approximate surface area is 148 Å². The SMILES string of the molecule is CC(Cc1c[nH]c2ccccc12)(NC(=O)c1c(O)cccc1O)C(=O)O. The normalized spacial score (nSPS) is 13.3. The molecule has 1 atom stereocenters. The number of H-pyrrole nitrogens is 1. The van der Waals surface area contributed by atoms with E-state index in [-0.39, 0.29) is 12.0 Å². The number of carbonyl (C=O) groups excluding carboxylic acids is 1. The molecule has 1 heterocycles. The van der Waals surface area contributed by atoms with Crippen molar-refractivity contribution in [2.24, 2.45) is 0 Å². The van der Waals surface area contributed by atoms with Crippen LogP contribution >= 0.6 is 0 Å². The molecule has 1 unspecified atom stereocenters. The van der Waals surface area contributed by atoms with Gasteiger partial charge in [0, 0.05) is 23.5 Å². The molecule has 2 aromatic carbocycles.